The molecule has 2 heterocycles. The first-order valence-electron chi connectivity index (χ1n) is 10.2. The Morgan fingerprint density at radius 1 is 0.848 bits per heavy atom. The number of pyridine rings is 2. The van der Waals surface area contributed by atoms with Crippen LogP contribution in [-0.2, 0) is 0 Å². The third kappa shape index (κ3) is 5.75. The number of benzene rings is 2. The van der Waals surface area contributed by atoms with Gasteiger partial charge in [0.2, 0.25) is 0 Å². The molecule has 6 nitrogen and oxygen atoms in total. The zero-order valence-electron chi connectivity index (χ0n) is 17.8. The number of nitrogens with zero attached hydrogens (tertiary/aromatic N) is 2. The van der Waals surface area contributed by atoms with Gasteiger partial charge in [-0.15, -0.1) is 0 Å². The topological polar surface area (TPSA) is 76.1 Å². The van der Waals surface area contributed by atoms with Gasteiger partial charge in [0.15, 0.2) is 5.78 Å². The SMILES string of the molecule is COc1ccc(Nc2ncccc2C(=O)/C=C/c2cccnc2Nc2ccc(Cl)cc2)cc1. The van der Waals surface area contributed by atoms with Crippen molar-refractivity contribution in [1.29, 1.82) is 0 Å². The molecule has 164 valence electrons. The van der Waals surface area contributed by atoms with E-state index in [4.69, 9.17) is 16.3 Å². The molecule has 0 aliphatic heterocycles. The molecule has 4 aromatic rings. The Morgan fingerprint density at radius 3 is 2.15 bits per heavy atom. The Kier molecular flexibility index (Phi) is 6.97. The number of carbonyl (C=O) groups is 1. The van der Waals surface area contributed by atoms with Gasteiger partial charge in [0.05, 0.1) is 12.7 Å². The molecule has 0 bridgehead atoms. The van der Waals surface area contributed by atoms with Crippen molar-refractivity contribution in [3.8, 4) is 5.75 Å². The van der Waals surface area contributed by atoms with E-state index < -0.39 is 0 Å². The Labute approximate surface area is 196 Å². The highest BCUT2D eigenvalue weighted by Gasteiger charge is 2.11. The van der Waals surface area contributed by atoms with E-state index in [1.807, 2.05) is 48.5 Å². The number of hydrogen-bond acceptors (Lipinski definition) is 6. The second-order valence-electron chi connectivity index (χ2n) is 7.02. The van der Waals surface area contributed by atoms with Crippen molar-refractivity contribution in [3.63, 3.8) is 0 Å². The molecular formula is C26H21ClN4O2. The van der Waals surface area contributed by atoms with Crippen molar-refractivity contribution in [3.05, 3.63) is 107 Å². The third-order valence-electron chi connectivity index (χ3n) is 4.79. The van der Waals surface area contributed by atoms with Crippen molar-refractivity contribution in [1.82, 2.24) is 9.97 Å². The molecule has 0 saturated carbocycles. The number of rotatable bonds is 8. The van der Waals surface area contributed by atoms with Gasteiger partial charge in [-0.25, -0.2) is 9.97 Å². The Hall–Kier alpha value is -4.16. The zero-order valence-corrected chi connectivity index (χ0v) is 18.6. The summed E-state index contributed by atoms with van der Waals surface area (Å²) in [5.74, 6) is 1.68. The normalized spacial score (nSPS) is 10.7. The van der Waals surface area contributed by atoms with Crippen molar-refractivity contribution < 1.29 is 9.53 Å². The van der Waals surface area contributed by atoms with Gasteiger partial charge < -0.3 is 15.4 Å². The highest BCUT2D eigenvalue weighted by Crippen LogP contribution is 2.24. The molecule has 2 aromatic heterocycles. The highest BCUT2D eigenvalue weighted by molar-refractivity contribution is 6.30. The number of aromatic nitrogens is 2. The van der Waals surface area contributed by atoms with Crippen LogP contribution in [0.2, 0.25) is 5.02 Å². The molecule has 7 heteroatoms. The molecule has 0 fully saturated rings. The third-order valence-corrected chi connectivity index (χ3v) is 5.04. The van der Waals surface area contributed by atoms with Gasteiger partial charge in [0.25, 0.3) is 0 Å². The molecule has 0 atom stereocenters. The van der Waals surface area contributed by atoms with Crippen LogP contribution < -0.4 is 15.4 Å². The lowest BCUT2D eigenvalue weighted by Gasteiger charge is -2.10. The van der Waals surface area contributed by atoms with Crippen LogP contribution in [0.1, 0.15) is 15.9 Å². The minimum absolute atomic E-state index is 0.180. The number of ketones is 1. The average molecular weight is 457 g/mol. The minimum Gasteiger partial charge on any atom is -0.497 e. The number of halogens is 1. The maximum Gasteiger partial charge on any atom is 0.189 e. The molecule has 4 rings (SSSR count). The minimum atomic E-state index is -0.180. The van der Waals surface area contributed by atoms with Gasteiger partial charge in [-0.1, -0.05) is 11.6 Å². The van der Waals surface area contributed by atoms with Crippen LogP contribution in [0.15, 0.2) is 91.3 Å². The summed E-state index contributed by atoms with van der Waals surface area (Å²) in [6.45, 7) is 0. The van der Waals surface area contributed by atoms with E-state index in [0.29, 0.717) is 22.2 Å². The van der Waals surface area contributed by atoms with Crippen LogP contribution in [0, 0.1) is 0 Å². The summed E-state index contributed by atoms with van der Waals surface area (Å²) in [4.78, 5) is 21.7. The molecule has 33 heavy (non-hydrogen) atoms. The lowest BCUT2D eigenvalue weighted by molar-refractivity contribution is 0.104. The molecule has 0 saturated heterocycles. The fraction of sp³-hybridized carbons (Fsp3) is 0.0385. The molecule has 2 aromatic carbocycles. The van der Waals surface area contributed by atoms with Crippen LogP contribution in [-0.4, -0.2) is 22.9 Å². The lowest BCUT2D eigenvalue weighted by Crippen LogP contribution is -2.03. The highest BCUT2D eigenvalue weighted by atomic mass is 35.5. The molecule has 0 radical (unpaired) electrons. The van der Waals surface area contributed by atoms with E-state index in [9.17, 15) is 4.79 Å². The quantitative estimate of drug-likeness (QED) is 0.232. The van der Waals surface area contributed by atoms with E-state index in [1.54, 1.807) is 49.8 Å². The maximum atomic E-state index is 13.0. The summed E-state index contributed by atoms with van der Waals surface area (Å²) in [5, 5.41) is 7.10. The number of ether oxygens (including phenoxy) is 1. The maximum absolute atomic E-state index is 13.0. The predicted octanol–water partition coefficient (Wildman–Crippen LogP) is 6.52. The van der Waals surface area contributed by atoms with E-state index in [-0.39, 0.29) is 5.78 Å². The summed E-state index contributed by atoms with van der Waals surface area (Å²) < 4.78 is 5.18. The summed E-state index contributed by atoms with van der Waals surface area (Å²) in [5.41, 5.74) is 2.88. The van der Waals surface area contributed by atoms with Gasteiger partial charge in [-0.3, -0.25) is 4.79 Å². The van der Waals surface area contributed by atoms with E-state index in [0.717, 1.165) is 22.7 Å². The first kappa shape index (κ1) is 22.0. The summed E-state index contributed by atoms with van der Waals surface area (Å²) in [7, 11) is 1.61. The van der Waals surface area contributed by atoms with Gasteiger partial charge in [0.1, 0.15) is 17.4 Å². The molecule has 0 unspecified atom stereocenters. The molecule has 0 aliphatic carbocycles. The number of hydrogen-bond donors (Lipinski definition) is 2. The van der Waals surface area contributed by atoms with E-state index >= 15 is 0 Å². The second kappa shape index (κ2) is 10.4. The second-order valence-corrected chi connectivity index (χ2v) is 7.46. The van der Waals surface area contributed by atoms with Crippen LogP contribution in [0.3, 0.4) is 0 Å². The number of carbonyl (C=O) groups excluding carboxylic acids is 1. The fourth-order valence-corrected chi connectivity index (χ4v) is 3.22. The van der Waals surface area contributed by atoms with Crippen LogP contribution in [0.4, 0.5) is 23.0 Å². The predicted molar refractivity (Wildman–Crippen MR) is 133 cm³/mol. The average Bonchev–Trinajstić information content (AvgIpc) is 2.85. The Balaban J connectivity index is 1.53. The van der Waals surface area contributed by atoms with Crippen LogP contribution >= 0.6 is 11.6 Å². The summed E-state index contributed by atoms with van der Waals surface area (Å²) >= 11 is 5.96. The van der Waals surface area contributed by atoms with Gasteiger partial charge in [0, 0.05) is 34.4 Å². The van der Waals surface area contributed by atoms with E-state index in [1.165, 1.54) is 6.08 Å². The monoisotopic (exact) mass is 456 g/mol. The number of anilines is 4. The van der Waals surface area contributed by atoms with Crippen LogP contribution in [0.5, 0.6) is 5.75 Å². The summed E-state index contributed by atoms with van der Waals surface area (Å²) in [6, 6.07) is 21.9. The fourth-order valence-electron chi connectivity index (χ4n) is 3.10. The number of methoxy groups -OCH3 is 1. The standard InChI is InChI=1S/C26H21ClN4O2/c1-33-22-13-11-21(12-14-22)31-26-23(5-3-17-29-26)24(32)15-6-18-4-2-16-28-25(18)30-20-9-7-19(27)8-10-20/h2-17H,1H3,(H,28,30)(H,29,31)/b15-6+. The Morgan fingerprint density at radius 2 is 1.45 bits per heavy atom. The Bertz CT molecular complexity index is 1270. The first-order chi connectivity index (χ1) is 16.1. The largest absolute Gasteiger partial charge is 0.497 e. The van der Waals surface area contributed by atoms with Crippen LogP contribution in [0.25, 0.3) is 6.08 Å². The van der Waals surface area contributed by atoms with Crippen molar-refractivity contribution >= 4 is 46.5 Å². The zero-order chi connectivity index (χ0) is 23.0. The smallest absolute Gasteiger partial charge is 0.189 e. The first-order valence-corrected chi connectivity index (χ1v) is 10.6. The van der Waals surface area contributed by atoms with Gasteiger partial charge in [-0.2, -0.15) is 0 Å². The molecule has 0 amide bonds. The molecule has 0 aliphatic rings. The molecule has 0 spiro atoms. The lowest BCUT2D eigenvalue weighted by atomic mass is 10.1. The van der Waals surface area contributed by atoms with Gasteiger partial charge >= 0.3 is 0 Å². The molecular weight excluding hydrogens is 436 g/mol. The van der Waals surface area contributed by atoms with E-state index in [2.05, 4.69) is 20.6 Å². The molecule has 2 N–H and O–H groups in total. The van der Waals surface area contributed by atoms with Crippen molar-refractivity contribution in [2.45, 2.75) is 0 Å². The number of allylic oxidation sites excluding steroid dienone is 1. The van der Waals surface area contributed by atoms with Gasteiger partial charge in [-0.05, 0) is 84.9 Å². The van der Waals surface area contributed by atoms with Crippen molar-refractivity contribution in [2.24, 2.45) is 0 Å². The van der Waals surface area contributed by atoms with Crippen molar-refractivity contribution in [2.75, 3.05) is 17.7 Å². The number of nitrogens with one attached hydrogen (secondary N) is 2. The summed E-state index contributed by atoms with van der Waals surface area (Å²) in [6.07, 6.45) is 6.58.